The van der Waals surface area contributed by atoms with Crippen LogP contribution in [-0.2, 0) is 4.79 Å². The molecule has 1 aromatic rings. The van der Waals surface area contributed by atoms with E-state index < -0.39 is 5.97 Å². The van der Waals surface area contributed by atoms with Gasteiger partial charge in [-0.3, -0.25) is 9.69 Å². The molecule has 1 unspecified atom stereocenters. The highest BCUT2D eigenvalue weighted by molar-refractivity contribution is 9.10. The maximum absolute atomic E-state index is 10.8. The van der Waals surface area contributed by atoms with E-state index in [0.717, 1.165) is 10.0 Å². The van der Waals surface area contributed by atoms with Crippen LogP contribution >= 0.6 is 27.5 Å². The van der Waals surface area contributed by atoms with Gasteiger partial charge >= 0.3 is 5.97 Å². The highest BCUT2D eigenvalue weighted by Crippen LogP contribution is 2.29. The highest BCUT2D eigenvalue weighted by atomic mass is 79.9. The summed E-state index contributed by atoms with van der Waals surface area (Å²) in [6.45, 7) is 2.03. The van der Waals surface area contributed by atoms with Crippen molar-refractivity contribution in [2.24, 2.45) is 0 Å². The molecular weight excluding hydrogens is 318 g/mol. The Morgan fingerprint density at radius 3 is 2.83 bits per heavy atom. The molecule has 1 atom stereocenters. The van der Waals surface area contributed by atoms with Gasteiger partial charge in [-0.05, 0) is 24.6 Å². The molecule has 0 heterocycles. The van der Waals surface area contributed by atoms with Crippen LogP contribution in [0.15, 0.2) is 22.7 Å². The largest absolute Gasteiger partial charge is 0.480 e. The lowest BCUT2D eigenvalue weighted by atomic mass is 10.1. The van der Waals surface area contributed by atoms with Crippen LogP contribution in [0.5, 0.6) is 0 Å². The molecule has 0 aliphatic heterocycles. The van der Waals surface area contributed by atoms with Crippen LogP contribution in [-0.4, -0.2) is 29.1 Å². The summed E-state index contributed by atoms with van der Waals surface area (Å²) in [5, 5.41) is 9.46. The Balaban J connectivity index is 2.98. The van der Waals surface area contributed by atoms with E-state index in [1.165, 1.54) is 0 Å². The van der Waals surface area contributed by atoms with Crippen molar-refractivity contribution in [2.45, 2.75) is 13.0 Å². The standard InChI is InChI=1S/C13H13BrClNO2/c1-3-6-16(8-13(17)18)9(2)11-5-4-10(14)7-12(11)15/h1,4-5,7,9H,6,8H2,2H3,(H,17,18). The van der Waals surface area contributed by atoms with E-state index in [-0.39, 0.29) is 19.1 Å². The van der Waals surface area contributed by atoms with Crippen molar-refractivity contribution in [1.82, 2.24) is 4.90 Å². The highest BCUT2D eigenvalue weighted by Gasteiger charge is 2.19. The second kappa shape index (κ2) is 6.79. The van der Waals surface area contributed by atoms with Crippen LogP contribution in [0.25, 0.3) is 0 Å². The second-order valence-corrected chi connectivity index (χ2v) is 5.17. The summed E-state index contributed by atoms with van der Waals surface area (Å²) in [6, 6.07) is 5.36. The third-order valence-electron chi connectivity index (χ3n) is 2.59. The third kappa shape index (κ3) is 4.02. The van der Waals surface area contributed by atoms with Crippen molar-refractivity contribution in [1.29, 1.82) is 0 Å². The first-order chi connectivity index (χ1) is 8.45. The van der Waals surface area contributed by atoms with Gasteiger partial charge in [0, 0.05) is 15.5 Å². The molecule has 1 N–H and O–H groups in total. The Morgan fingerprint density at radius 2 is 2.33 bits per heavy atom. The molecule has 0 fully saturated rings. The van der Waals surface area contributed by atoms with E-state index in [0.29, 0.717) is 5.02 Å². The molecule has 1 rings (SSSR count). The minimum absolute atomic E-state index is 0.113. The molecule has 96 valence electrons. The lowest BCUT2D eigenvalue weighted by molar-refractivity contribution is -0.138. The van der Waals surface area contributed by atoms with Crippen LogP contribution in [0.2, 0.25) is 5.02 Å². The molecule has 0 aromatic heterocycles. The fourth-order valence-corrected chi connectivity index (χ4v) is 2.49. The Kier molecular flexibility index (Phi) is 5.67. The number of aliphatic carboxylic acids is 1. The first kappa shape index (κ1) is 15.0. The molecule has 0 aliphatic carbocycles. The Bertz CT molecular complexity index is 484. The molecule has 0 aliphatic rings. The number of halogens is 2. The second-order valence-electron chi connectivity index (χ2n) is 3.84. The zero-order chi connectivity index (χ0) is 13.7. The normalized spacial score (nSPS) is 12.2. The van der Waals surface area contributed by atoms with Gasteiger partial charge in [0.25, 0.3) is 0 Å². The van der Waals surface area contributed by atoms with Crippen LogP contribution in [0.1, 0.15) is 18.5 Å². The summed E-state index contributed by atoms with van der Waals surface area (Å²) in [4.78, 5) is 12.5. The number of hydrogen-bond acceptors (Lipinski definition) is 2. The SMILES string of the molecule is C#CCN(CC(=O)O)C(C)c1ccc(Br)cc1Cl. The first-order valence-electron chi connectivity index (χ1n) is 5.30. The number of terminal acetylenes is 1. The van der Waals surface area contributed by atoms with Gasteiger partial charge in [0.05, 0.1) is 13.1 Å². The first-order valence-corrected chi connectivity index (χ1v) is 6.47. The predicted molar refractivity (Wildman–Crippen MR) is 75.6 cm³/mol. The molecule has 0 radical (unpaired) electrons. The van der Waals surface area contributed by atoms with Crippen molar-refractivity contribution < 1.29 is 9.90 Å². The van der Waals surface area contributed by atoms with Crippen LogP contribution in [0.3, 0.4) is 0 Å². The van der Waals surface area contributed by atoms with Crippen LogP contribution < -0.4 is 0 Å². The fourth-order valence-electron chi connectivity index (χ4n) is 1.66. The molecule has 0 spiro atoms. The molecule has 0 saturated heterocycles. The van der Waals surface area contributed by atoms with E-state index in [1.54, 1.807) is 11.0 Å². The van der Waals surface area contributed by atoms with Crippen molar-refractivity contribution in [2.75, 3.05) is 13.1 Å². The molecule has 18 heavy (non-hydrogen) atoms. The van der Waals surface area contributed by atoms with Gasteiger partial charge in [-0.2, -0.15) is 0 Å². The Morgan fingerprint density at radius 1 is 1.67 bits per heavy atom. The van der Waals surface area contributed by atoms with E-state index >= 15 is 0 Å². The summed E-state index contributed by atoms with van der Waals surface area (Å²) in [6.07, 6.45) is 5.26. The lowest BCUT2D eigenvalue weighted by Crippen LogP contribution is -2.32. The minimum atomic E-state index is -0.912. The molecule has 0 saturated carbocycles. The van der Waals surface area contributed by atoms with E-state index in [4.69, 9.17) is 23.1 Å². The van der Waals surface area contributed by atoms with Gasteiger partial charge in [-0.25, -0.2) is 0 Å². The van der Waals surface area contributed by atoms with E-state index in [2.05, 4.69) is 21.9 Å². The van der Waals surface area contributed by atoms with Gasteiger partial charge in [-0.15, -0.1) is 6.42 Å². The summed E-state index contributed by atoms with van der Waals surface area (Å²) in [7, 11) is 0. The average molecular weight is 331 g/mol. The van der Waals surface area contributed by atoms with Crippen molar-refractivity contribution >= 4 is 33.5 Å². The summed E-state index contributed by atoms with van der Waals surface area (Å²) < 4.78 is 0.880. The number of carboxylic acids is 1. The Labute approximate surface area is 120 Å². The predicted octanol–water partition coefficient (Wildman–Crippen LogP) is 3.18. The smallest absolute Gasteiger partial charge is 0.317 e. The number of carboxylic acid groups (broad SMARTS) is 1. The molecule has 0 bridgehead atoms. The topological polar surface area (TPSA) is 40.5 Å². The van der Waals surface area contributed by atoms with Crippen LogP contribution in [0.4, 0.5) is 0 Å². The fraction of sp³-hybridized carbons (Fsp3) is 0.308. The Hall–Kier alpha value is -1.02. The lowest BCUT2D eigenvalue weighted by Gasteiger charge is -2.26. The summed E-state index contributed by atoms with van der Waals surface area (Å²) >= 11 is 9.48. The molecular formula is C13H13BrClNO2. The zero-order valence-corrected chi connectivity index (χ0v) is 12.2. The van der Waals surface area contributed by atoms with Gasteiger partial charge in [-0.1, -0.05) is 39.5 Å². The molecule has 1 aromatic carbocycles. The summed E-state index contributed by atoms with van der Waals surface area (Å²) in [5.41, 5.74) is 0.858. The monoisotopic (exact) mass is 329 g/mol. The van der Waals surface area contributed by atoms with E-state index in [1.807, 2.05) is 19.1 Å². The zero-order valence-electron chi connectivity index (χ0n) is 9.86. The molecule has 5 heteroatoms. The number of carbonyl (C=O) groups is 1. The maximum Gasteiger partial charge on any atom is 0.317 e. The van der Waals surface area contributed by atoms with Gasteiger partial charge < -0.3 is 5.11 Å². The maximum atomic E-state index is 10.8. The molecule has 3 nitrogen and oxygen atoms in total. The number of hydrogen-bond donors (Lipinski definition) is 1. The van der Waals surface area contributed by atoms with Gasteiger partial charge in [0.1, 0.15) is 0 Å². The molecule has 0 amide bonds. The number of nitrogens with zero attached hydrogens (tertiary/aromatic N) is 1. The summed E-state index contributed by atoms with van der Waals surface area (Å²) in [5.74, 6) is 1.55. The van der Waals surface area contributed by atoms with E-state index in [9.17, 15) is 4.79 Å². The van der Waals surface area contributed by atoms with Crippen LogP contribution in [0, 0.1) is 12.3 Å². The van der Waals surface area contributed by atoms with Gasteiger partial charge in [0.15, 0.2) is 0 Å². The van der Waals surface area contributed by atoms with Crippen molar-refractivity contribution in [3.8, 4) is 12.3 Å². The number of benzene rings is 1. The average Bonchev–Trinajstić information content (AvgIpc) is 2.27. The van der Waals surface area contributed by atoms with Crippen molar-refractivity contribution in [3.63, 3.8) is 0 Å². The van der Waals surface area contributed by atoms with Gasteiger partial charge in [0.2, 0.25) is 0 Å². The third-order valence-corrected chi connectivity index (χ3v) is 3.41. The number of rotatable bonds is 5. The quantitative estimate of drug-likeness (QED) is 0.843. The van der Waals surface area contributed by atoms with Crippen molar-refractivity contribution in [3.05, 3.63) is 33.3 Å². The minimum Gasteiger partial charge on any atom is -0.480 e.